The lowest BCUT2D eigenvalue weighted by atomic mass is 9.99. The fourth-order valence-corrected chi connectivity index (χ4v) is 2.75. The highest BCUT2D eigenvalue weighted by atomic mass is 16.2. The Labute approximate surface area is 126 Å². The predicted octanol–water partition coefficient (Wildman–Crippen LogP) is 2.09. The minimum atomic E-state index is 0.0623. The Morgan fingerprint density at radius 3 is 2.76 bits per heavy atom. The molecule has 1 fully saturated rings. The molecule has 0 saturated carbocycles. The molecule has 0 spiro atoms. The van der Waals surface area contributed by atoms with Gasteiger partial charge in [0.05, 0.1) is 0 Å². The first-order valence-corrected chi connectivity index (χ1v) is 7.59. The van der Waals surface area contributed by atoms with Crippen LogP contribution in [0.5, 0.6) is 0 Å². The number of carbonyl (C=O) groups excluding carboxylic acids is 2. The van der Waals surface area contributed by atoms with Crippen molar-refractivity contribution in [2.45, 2.75) is 39.7 Å². The average Bonchev–Trinajstić information content (AvgIpc) is 2.47. The summed E-state index contributed by atoms with van der Waals surface area (Å²) in [7, 11) is 0. The fraction of sp³-hybridized carbons (Fsp3) is 0.529. The van der Waals surface area contributed by atoms with Crippen LogP contribution in [0, 0.1) is 13.8 Å². The van der Waals surface area contributed by atoms with Crippen LogP contribution in [0.15, 0.2) is 18.2 Å². The maximum Gasteiger partial charge on any atom is 0.223 e. The number of hydrogen-bond donors (Lipinski definition) is 1. The molecule has 2 rings (SSSR count). The second-order valence-corrected chi connectivity index (χ2v) is 5.88. The second kappa shape index (κ2) is 6.85. The van der Waals surface area contributed by atoms with Crippen LogP contribution in [-0.2, 0) is 4.79 Å². The molecule has 1 N–H and O–H groups in total. The van der Waals surface area contributed by atoms with Gasteiger partial charge in [-0.15, -0.1) is 0 Å². The van der Waals surface area contributed by atoms with Crippen molar-refractivity contribution < 1.29 is 9.59 Å². The van der Waals surface area contributed by atoms with Gasteiger partial charge in [0.15, 0.2) is 5.78 Å². The van der Waals surface area contributed by atoms with E-state index < -0.39 is 0 Å². The number of ketones is 1. The Kier molecular flexibility index (Phi) is 5.12. The van der Waals surface area contributed by atoms with Gasteiger partial charge < -0.3 is 10.2 Å². The zero-order valence-corrected chi connectivity index (χ0v) is 13.1. The van der Waals surface area contributed by atoms with Crippen LogP contribution in [0.3, 0.4) is 0 Å². The standard InChI is InChI=1S/C17H24N2O2/c1-12-4-5-13(2)15(10-12)16(20)6-7-17(21)19-9-8-18-11-14(19)3/h4-5,10,14,18H,6-9,11H2,1-3H3/t14-/m0/s1. The molecule has 1 atom stereocenters. The Morgan fingerprint density at radius 1 is 1.29 bits per heavy atom. The van der Waals surface area contributed by atoms with Crippen LogP contribution in [0.4, 0.5) is 0 Å². The van der Waals surface area contributed by atoms with E-state index in [0.29, 0.717) is 12.8 Å². The lowest BCUT2D eigenvalue weighted by Gasteiger charge is -2.34. The molecule has 0 radical (unpaired) electrons. The van der Waals surface area contributed by atoms with Crippen molar-refractivity contribution in [2.75, 3.05) is 19.6 Å². The summed E-state index contributed by atoms with van der Waals surface area (Å²) < 4.78 is 0. The van der Waals surface area contributed by atoms with E-state index in [9.17, 15) is 9.59 Å². The maximum absolute atomic E-state index is 12.3. The van der Waals surface area contributed by atoms with Gasteiger partial charge in [-0.2, -0.15) is 0 Å². The molecule has 0 unspecified atom stereocenters. The number of nitrogens with zero attached hydrogens (tertiary/aromatic N) is 1. The molecule has 1 heterocycles. The monoisotopic (exact) mass is 288 g/mol. The largest absolute Gasteiger partial charge is 0.337 e. The van der Waals surface area contributed by atoms with Crippen molar-refractivity contribution >= 4 is 11.7 Å². The van der Waals surface area contributed by atoms with Crippen molar-refractivity contribution in [2.24, 2.45) is 0 Å². The number of carbonyl (C=O) groups is 2. The molecule has 1 aromatic rings. The highest BCUT2D eigenvalue weighted by Crippen LogP contribution is 2.15. The summed E-state index contributed by atoms with van der Waals surface area (Å²) in [5.41, 5.74) is 2.80. The molecule has 4 nitrogen and oxygen atoms in total. The van der Waals surface area contributed by atoms with E-state index in [1.165, 1.54) is 0 Å². The minimum absolute atomic E-state index is 0.0623. The molecular formula is C17H24N2O2. The van der Waals surface area contributed by atoms with E-state index in [1.54, 1.807) is 0 Å². The maximum atomic E-state index is 12.3. The summed E-state index contributed by atoms with van der Waals surface area (Å²) in [4.78, 5) is 26.4. The van der Waals surface area contributed by atoms with Crippen molar-refractivity contribution in [3.05, 3.63) is 34.9 Å². The van der Waals surface area contributed by atoms with E-state index in [-0.39, 0.29) is 17.7 Å². The summed E-state index contributed by atoms with van der Waals surface area (Å²) in [6.45, 7) is 8.35. The molecule has 0 bridgehead atoms. The van der Waals surface area contributed by atoms with Crippen molar-refractivity contribution in [3.8, 4) is 0 Å². The van der Waals surface area contributed by atoms with E-state index in [0.717, 1.165) is 36.3 Å². The minimum Gasteiger partial charge on any atom is -0.337 e. The number of nitrogens with one attached hydrogen (secondary N) is 1. The van der Waals surface area contributed by atoms with Gasteiger partial charge in [-0.05, 0) is 32.4 Å². The van der Waals surface area contributed by atoms with Crippen LogP contribution in [-0.4, -0.2) is 42.3 Å². The molecule has 114 valence electrons. The molecular weight excluding hydrogens is 264 g/mol. The first-order chi connectivity index (χ1) is 9.99. The van der Waals surface area contributed by atoms with Crippen LogP contribution < -0.4 is 5.32 Å². The SMILES string of the molecule is Cc1ccc(C)c(C(=O)CCC(=O)N2CCNC[C@@H]2C)c1. The highest BCUT2D eigenvalue weighted by Gasteiger charge is 2.23. The molecule has 1 aliphatic rings. The highest BCUT2D eigenvalue weighted by molar-refractivity contribution is 5.99. The Bertz CT molecular complexity index is 540. The quantitative estimate of drug-likeness (QED) is 0.863. The van der Waals surface area contributed by atoms with E-state index in [1.807, 2.05) is 43.9 Å². The number of hydrogen-bond acceptors (Lipinski definition) is 3. The van der Waals surface area contributed by atoms with Crippen LogP contribution >= 0.6 is 0 Å². The number of amides is 1. The third-order valence-electron chi connectivity index (χ3n) is 4.08. The summed E-state index contributed by atoms with van der Waals surface area (Å²) in [6, 6.07) is 6.08. The summed E-state index contributed by atoms with van der Waals surface area (Å²) >= 11 is 0. The van der Waals surface area contributed by atoms with Gasteiger partial charge in [-0.1, -0.05) is 17.7 Å². The smallest absolute Gasteiger partial charge is 0.223 e. The Hall–Kier alpha value is -1.68. The fourth-order valence-electron chi connectivity index (χ4n) is 2.75. The molecule has 0 aliphatic carbocycles. The van der Waals surface area contributed by atoms with Gasteiger partial charge in [0, 0.05) is 44.1 Å². The van der Waals surface area contributed by atoms with Crippen molar-refractivity contribution in [1.29, 1.82) is 0 Å². The zero-order valence-electron chi connectivity index (χ0n) is 13.1. The number of aryl methyl sites for hydroxylation is 2. The number of rotatable bonds is 4. The van der Waals surface area contributed by atoms with Gasteiger partial charge in [0.25, 0.3) is 0 Å². The van der Waals surface area contributed by atoms with Crippen LogP contribution in [0.2, 0.25) is 0 Å². The van der Waals surface area contributed by atoms with E-state index in [4.69, 9.17) is 0 Å². The Morgan fingerprint density at radius 2 is 2.05 bits per heavy atom. The first-order valence-electron chi connectivity index (χ1n) is 7.59. The number of benzene rings is 1. The molecule has 1 saturated heterocycles. The third kappa shape index (κ3) is 3.91. The van der Waals surface area contributed by atoms with Gasteiger partial charge in [0.1, 0.15) is 0 Å². The molecule has 1 aromatic carbocycles. The second-order valence-electron chi connectivity index (χ2n) is 5.88. The average molecular weight is 288 g/mol. The predicted molar refractivity (Wildman–Crippen MR) is 83.5 cm³/mol. The summed E-state index contributed by atoms with van der Waals surface area (Å²) in [5, 5.41) is 3.26. The van der Waals surface area contributed by atoms with Crippen molar-refractivity contribution in [3.63, 3.8) is 0 Å². The lowest BCUT2D eigenvalue weighted by molar-refractivity contribution is -0.133. The molecule has 4 heteroatoms. The van der Waals surface area contributed by atoms with Crippen LogP contribution in [0.25, 0.3) is 0 Å². The van der Waals surface area contributed by atoms with E-state index >= 15 is 0 Å². The van der Waals surface area contributed by atoms with Gasteiger partial charge in [-0.3, -0.25) is 9.59 Å². The summed E-state index contributed by atoms with van der Waals surface area (Å²) in [5.74, 6) is 0.148. The molecule has 1 amide bonds. The molecule has 0 aromatic heterocycles. The normalized spacial score (nSPS) is 18.6. The zero-order chi connectivity index (χ0) is 15.4. The topological polar surface area (TPSA) is 49.4 Å². The van der Waals surface area contributed by atoms with Gasteiger partial charge >= 0.3 is 0 Å². The molecule has 1 aliphatic heterocycles. The summed E-state index contributed by atoms with van der Waals surface area (Å²) in [6.07, 6.45) is 0.594. The lowest BCUT2D eigenvalue weighted by Crippen LogP contribution is -2.52. The van der Waals surface area contributed by atoms with E-state index in [2.05, 4.69) is 5.32 Å². The van der Waals surface area contributed by atoms with Gasteiger partial charge in [-0.25, -0.2) is 0 Å². The first kappa shape index (κ1) is 15.7. The Balaban J connectivity index is 1.94. The van der Waals surface area contributed by atoms with Gasteiger partial charge in [0.2, 0.25) is 5.91 Å². The van der Waals surface area contributed by atoms with Crippen molar-refractivity contribution in [1.82, 2.24) is 10.2 Å². The number of piperazine rings is 1. The number of Topliss-reactive ketones (excluding diaryl/α,β-unsaturated/α-hetero) is 1. The molecule has 21 heavy (non-hydrogen) atoms. The van der Waals surface area contributed by atoms with Crippen LogP contribution in [0.1, 0.15) is 41.3 Å². The third-order valence-corrected chi connectivity index (χ3v) is 4.08.